The second-order valence-electron chi connectivity index (χ2n) is 18.6. The maximum Gasteiger partial charge on any atom is 0.277 e. The second-order valence-corrected chi connectivity index (χ2v) is 18.6. The fraction of sp³-hybridized carbons (Fsp3) is 0.267. The molecule has 0 amide bonds. The summed E-state index contributed by atoms with van der Waals surface area (Å²) in [6.07, 6.45) is 3.34. The standard InChI is InChI=1S/C60H58N8O8/c1-9-33-34(10-2)54-50(42-26-18-22-30-46(42)66(71)72)56-37(13-5)38(14-6)58(63-56)52(44-28-20-24-32-48(44)68(75)76)60-40(16-8)39(15-7)59(64-60)51(43-27-19-23-31-47(43)67(73)74)57-36(12-4)35(11-3)55(62-57)49(53(33)61-54)41-25-17-21-29-45(41)65(69)70/h17-32,61,64H,9-16H2,1-8H3. The Morgan fingerprint density at radius 2 is 0.526 bits per heavy atom. The molecule has 76 heavy (non-hydrogen) atoms. The van der Waals surface area contributed by atoms with Crippen LogP contribution in [0.3, 0.4) is 0 Å². The molecule has 9 rings (SSSR count). The topological polar surface area (TPSA) is 230 Å². The first-order chi connectivity index (χ1) is 36.7. The van der Waals surface area contributed by atoms with Gasteiger partial charge in [-0.05, 0) is 120 Å². The van der Waals surface area contributed by atoms with Crippen molar-refractivity contribution in [2.24, 2.45) is 0 Å². The fourth-order valence-electron chi connectivity index (χ4n) is 11.9. The van der Waals surface area contributed by atoms with Crippen molar-refractivity contribution in [3.63, 3.8) is 0 Å². The summed E-state index contributed by atoms with van der Waals surface area (Å²) >= 11 is 0. The smallest absolute Gasteiger partial charge is 0.277 e. The van der Waals surface area contributed by atoms with Crippen LogP contribution in [0.1, 0.15) is 126 Å². The predicted molar refractivity (Wildman–Crippen MR) is 302 cm³/mol. The third-order valence-corrected chi connectivity index (χ3v) is 15.0. The van der Waals surface area contributed by atoms with Crippen LogP contribution in [0.4, 0.5) is 22.7 Å². The van der Waals surface area contributed by atoms with Crippen LogP contribution in [0.25, 0.3) is 88.9 Å². The monoisotopic (exact) mass is 1020 g/mol. The lowest BCUT2D eigenvalue weighted by Crippen LogP contribution is -1.97. The van der Waals surface area contributed by atoms with Crippen LogP contribution >= 0.6 is 0 Å². The normalized spacial score (nSPS) is 12.4. The summed E-state index contributed by atoms with van der Waals surface area (Å²) in [6, 6.07) is 26.2. The Morgan fingerprint density at radius 1 is 0.329 bits per heavy atom. The van der Waals surface area contributed by atoms with Crippen LogP contribution < -0.4 is 0 Å². The number of allylic oxidation sites excluding steroid dienone is 4. The molecule has 16 nitrogen and oxygen atoms in total. The van der Waals surface area contributed by atoms with Crippen molar-refractivity contribution in [1.29, 1.82) is 0 Å². The molecule has 386 valence electrons. The molecule has 4 aromatic carbocycles. The summed E-state index contributed by atoms with van der Waals surface area (Å²) in [7, 11) is 0. The van der Waals surface area contributed by atoms with Gasteiger partial charge < -0.3 is 9.97 Å². The molecule has 0 saturated heterocycles. The number of aromatic amines is 2. The molecular weight excluding hydrogens is 961 g/mol. The highest BCUT2D eigenvalue weighted by Crippen LogP contribution is 2.52. The first-order valence-electron chi connectivity index (χ1n) is 26.0. The van der Waals surface area contributed by atoms with Gasteiger partial charge in [0, 0.05) is 46.5 Å². The molecule has 2 aliphatic rings. The number of rotatable bonds is 16. The lowest BCUT2D eigenvalue weighted by Gasteiger charge is -2.12. The van der Waals surface area contributed by atoms with Crippen molar-refractivity contribution in [1.82, 2.24) is 19.9 Å². The number of hydrogen-bond donors (Lipinski definition) is 2. The van der Waals surface area contributed by atoms with Crippen molar-refractivity contribution in [2.75, 3.05) is 0 Å². The van der Waals surface area contributed by atoms with E-state index in [-0.39, 0.29) is 45.0 Å². The maximum atomic E-state index is 13.3. The van der Waals surface area contributed by atoms with E-state index < -0.39 is 19.7 Å². The molecule has 7 aromatic rings. The van der Waals surface area contributed by atoms with E-state index in [0.717, 1.165) is 44.5 Å². The summed E-state index contributed by atoms with van der Waals surface area (Å²) in [5, 5.41) is 53.3. The number of para-hydroxylation sites is 4. The lowest BCUT2D eigenvalue weighted by atomic mass is 9.89. The predicted octanol–water partition coefficient (Wildman–Crippen LogP) is 16.3. The third-order valence-electron chi connectivity index (χ3n) is 15.0. The highest BCUT2D eigenvalue weighted by atomic mass is 16.6. The van der Waals surface area contributed by atoms with Crippen LogP contribution in [-0.4, -0.2) is 39.6 Å². The average molecular weight is 1020 g/mol. The largest absolute Gasteiger partial charge is 0.354 e. The van der Waals surface area contributed by atoms with Gasteiger partial charge in [-0.1, -0.05) is 104 Å². The van der Waals surface area contributed by atoms with Crippen LogP contribution in [0.15, 0.2) is 97.1 Å². The number of fused-ring (bicyclic) bond motifs is 8. The van der Waals surface area contributed by atoms with Gasteiger partial charge >= 0.3 is 0 Å². The SMILES string of the molecule is CCC1=C(CC)c2nc1c(-c1ccccc1[N+](=O)[O-])c1[nH]c(c(CC)c1CC)c(-c1ccccc1[N+](=O)[O-])c1nc(c(-c3ccccc3[N+](=O)[O-])c3[nH]c(c(CC)c3CC)c2-c2ccccc2[N+](=O)[O-])C(CC)=C1CC. The Morgan fingerprint density at radius 3 is 0.697 bits per heavy atom. The molecule has 0 atom stereocenters. The van der Waals surface area contributed by atoms with Crippen LogP contribution in [0.2, 0.25) is 0 Å². The van der Waals surface area contributed by atoms with E-state index in [2.05, 4.69) is 9.97 Å². The number of nitro benzene ring substituents is 4. The van der Waals surface area contributed by atoms with Crippen LogP contribution in [-0.2, 0) is 25.7 Å². The molecule has 3 aromatic heterocycles. The van der Waals surface area contributed by atoms with Gasteiger partial charge in [0.1, 0.15) is 0 Å². The number of nitro groups is 4. The van der Waals surface area contributed by atoms with Gasteiger partial charge in [0.05, 0.1) is 86.8 Å². The summed E-state index contributed by atoms with van der Waals surface area (Å²) in [6.45, 7) is 16.0. The lowest BCUT2D eigenvalue weighted by molar-refractivity contribution is -0.384. The second kappa shape index (κ2) is 21.1. The Labute approximate surface area is 438 Å². The number of nitrogens with zero attached hydrogens (tertiary/aromatic N) is 6. The molecule has 0 aliphatic carbocycles. The van der Waals surface area contributed by atoms with E-state index in [4.69, 9.17) is 9.97 Å². The minimum absolute atomic E-state index is 0.172. The van der Waals surface area contributed by atoms with Crippen LogP contribution in [0, 0.1) is 40.5 Å². The van der Waals surface area contributed by atoms with Gasteiger partial charge in [-0.2, -0.15) is 0 Å². The molecule has 0 fully saturated rings. The molecule has 16 heteroatoms. The Balaban J connectivity index is 1.78. The minimum atomic E-state index is -0.413. The average Bonchev–Trinajstić information content (AvgIpc) is 4.20. The number of aromatic nitrogens is 4. The van der Waals surface area contributed by atoms with Gasteiger partial charge in [0.25, 0.3) is 22.7 Å². The molecule has 8 bridgehead atoms. The van der Waals surface area contributed by atoms with E-state index in [1.165, 1.54) is 24.3 Å². The third kappa shape index (κ3) is 8.33. The van der Waals surface area contributed by atoms with Crippen molar-refractivity contribution in [3.8, 4) is 44.5 Å². The molecule has 0 unspecified atom stereocenters. The van der Waals surface area contributed by atoms with Crippen LogP contribution in [0.5, 0.6) is 0 Å². The zero-order valence-electron chi connectivity index (χ0n) is 43.8. The van der Waals surface area contributed by atoms with E-state index in [9.17, 15) is 40.5 Å². The maximum absolute atomic E-state index is 13.3. The Bertz CT molecular complexity index is 3360. The quantitative estimate of drug-likeness (QED) is 0.0687. The van der Waals surface area contributed by atoms with E-state index in [1.807, 2.05) is 55.4 Å². The van der Waals surface area contributed by atoms with Crippen molar-refractivity contribution in [2.45, 2.75) is 107 Å². The molecule has 5 heterocycles. The van der Waals surface area contributed by atoms with Gasteiger partial charge in [-0.3, -0.25) is 40.5 Å². The number of hydrogen-bond acceptors (Lipinski definition) is 10. The first-order valence-corrected chi connectivity index (χ1v) is 26.0. The van der Waals surface area contributed by atoms with Crippen molar-refractivity contribution < 1.29 is 19.7 Å². The summed E-state index contributed by atoms with van der Waals surface area (Å²) in [4.78, 5) is 70.6. The number of H-pyrrole nitrogens is 2. The molecule has 0 spiro atoms. The Hall–Kier alpha value is -8.92. The highest BCUT2D eigenvalue weighted by Gasteiger charge is 2.35. The summed E-state index contributed by atoms with van der Waals surface area (Å²) in [5.41, 5.74) is 12.4. The van der Waals surface area contributed by atoms with Gasteiger partial charge in [-0.25, -0.2) is 9.97 Å². The number of nitrogens with one attached hydrogen (secondary N) is 2. The Kier molecular flexibility index (Phi) is 14.4. The van der Waals surface area contributed by atoms with Gasteiger partial charge in [-0.15, -0.1) is 0 Å². The zero-order valence-corrected chi connectivity index (χ0v) is 43.8. The van der Waals surface area contributed by atoms with E-state index >= 15 is 0 Å². The molecular formula is C60H58N8O8. The van der Waals surface area contributed by atoms with Crippen molar-refractivity contribution in [3.05, 3.63) is 183 Å². The van der Waals surface area contributed by atoms with Crippen molar-refractivity contribution >= 4 is 67.1 Å². The molecule has 2 N–H and O–H groups in total. The summed E-state index contributed by atoms with van der Waals surface area (Å²) < 4.78 is 0. The van der Waals surface area contributed by atoms with E-state index in [0.29, 0.717) is 118 Å². The van der Waals surface area contributed by atoms with Gasteiger partial charge in [0.2, 0.25) is 0 Å². The zero-order chi connectivity index (χ0) is 54.3. The first kappa shape index (κ1) is 52.0. The minimum Gasteiger partial charge on any atom is -0.354 e. The summed E-state index contributed by atoms with van der Waals surface area (Å²) in [5.74, 6) is 0. The fourth-order valence-corrected chi connectivity index (χ4v) is 11.9. The molecule has 0 radical (unpaired) electrons. The number of benzene rings is 4. The molecule has 2 aliphatic heterocycles. The van der Waals surface area contributed by atoms with E-state index in [1.54, 1.807) is 72.8 Å². The molecule has 0 saturated carbocycles. The highest BCUT2D eigenvalue weighted by molar-refractivity contribution is 6.11. The van der Waals surface area contributed by atoms with Gasteiger partial charge in [0.15, 0.2) is 0 Å². The number of aryl methyl sites for hydroxylation is 4.